The molecule has 1 saturated heterocycles. The topological polar surface area (TPSA) is 110 Å². The Bertz CT molecular complexity index is 1080. The lowest BCUT2D eigenvalue weighted by Crippen LogP contribution is -2.51. The Morgan fingerprint density at radius 3 is 2.88 bits per heavy atom. The van der Waals surface area contributed by atoms with E-state index >= 15 is 0 Å². The van der Waals surface area contributed by atoms with Crippen LogP contribution in [0, 0.1) is 12.1 Å². The summed E-state index contributed by atoms with van der Waals surface area (Å²) in [6.07, 6.45) is 4.85. The maximum Gasteiger partial charge on any atom is 0.340 e. The number of ether oxygens (including phenoxy) is 1. The summed E-state index contributed by atoms with van der Waals surface area (Å²) in [5, 5.41) is 28.9. The summed E-state index contributed by atoms with van der Waals surface area (Å²) in [4.78, 5) is 22.8. The third-order valence-electron chi connectivity index (χ3n) is 6.55. The zero-order valence-electron chi connectivity index (χ0n) is 19.4. The summed E-state index contributed by atoms with van der Waals surface area (Å²) in [7, 11) is 0. The summed E-state index contributed by atoms with van der Waals surface area (Å²) in [5.41, 5.74) is 1.87. The van der Waals surface area contributed by atoms with Crippen molar-refractivity contribution in [2.75, 3.05) is 13.2 Å². The number of pyridine rings is 1. The lowest BCUT2D eigenvalue weighted by atomic mass is 9.82. The number of carboxylic acids is 1. The quantitative estimate of drug-likeness (QED) is 0.228. The summed E-state index contributed by atoms with van der Waals surface area (Å²) in [6.45, 7) is 4.59. The second-order valence-corrected chi connectivity index (χ2v) is 9.10. The van der Waals surface area contributed by atoms with Crippen LogP contribution in [0.1, 0.15) is 73.1 Å². The highest BCUT2D eigenvalue weighted by atomic mass is 35.5. The van der Waals surface area contributed by atoms with Crippen molar-refractivity contribution in [3.8, 4) is 0 Å². The molecule has 0 saturated carbocycles. The lowest BCUT2D eigenvalue weighted by Gasteiger charge is -2.32. The number of carboxylic acid groups (broad SMARTS) is 1. The smallest absolute Gasteiger partial charge is 0.340 e. The Morgan fingerprint density at radius 2 is 2.18 bits per heavy atom. The fourth-order valence-corrected chi connectivity index (χ4v) is 5.06. The molecule has 0 radical (unpaired) electrons. The van der Waals surface area contributed by atoms with Crippen LogP contribution < -0.4 is 0 Å². The molecule has 1 aromatic carbocycles. The van der Waals surface area contributed by atoms with Crippen LogP contribution in [0.3, 0.4) is 0 Å². The molecule has 0 aliphatic carbocycles. The molecule has 1 fully saturated rings. The number of carbonyl (C=O) groups is 1. The van der Waals surface area contributed by atoms with Crippen molar-refractivity contribution in [2.45, 2.75) is 64.2 Å². The van der Waals surface area contributed by atoms with Crippen molar-refractivity contribution >= 4 is 17.6 Å². The van der Waals surface area contributed by atoms with Gasteiger partial charge in [-0.25, -0.2) is 4.79 Å². The average molecular weight is 489 g/mol. The maximum atomic E-state index is 12.9. The standard InChI is InChI=1S/C24H29ClN4O5/c1-3-4-5-13-34-27-29(32)28-12-6-11-24(28,23(30)31)21-16(2)26-14-19-20(21)15-33-22(19)17-7-9-18(25)10-8-17/h7-10,14,22H,3-6,11-13,15H2,1-2H3,(H,30,31)/t22-,24+/m0/s1. The number of fused-ring (bicyclic) bond motifs is 1. The molecule has 2 aliphatic heterocycles. The van der Waals surface area contributed by atoms with Crippen molar-refractivity contribution < 1.29 is 24.4 Å². The molecule has 34 heavy (non-hydrogen) atoms. The molecule has 0 bridgehead atoms. The fourth-order valence-electron chi connectivity index (χ4n) is 4.94. The van der Waals surface area contributed by atoms with E-state index in [2.05, 4.69) is 17.2 Å². The van der Waals surface area contributed by atoms with Gasteiger partial charge < -0.3 is 19.9 Å². The molecule has 1 aromatic heterocycles. The zero-order chi connectivity index (χ0) is 24.3. The first-order valence-corrected chi connectivity index (χ1v) is 11.9. The first-order valence-electron chi connectivity index (χ1n) is 11.6. The summed E-state index contributed by atoms with van der Waals surface area (Å²) in [5.74, 6) is -1.12. The number of nitrogens with zero attached hydrogens (tertiary/aromatic N) is 4. The molecule has 1 N–H and O–H groups in total. The number of benzene rings is 1. The molecule has 2 aromatic rings. The van der Waals surface area contributed by atoms with Crippen molar-refractivity contribution in [2.24, 2.45) is 5.28 Å². The SMILES string of the molecule is CCCCCON=[N+]([O-])N1CCC[C@]1(C(=O)O)c1c(C)ncc2c1CO[C@H]2c1ccc(Cl)cc1. The average Bonchev–Trinajstić information content (AvgIpc) is 3.45. The maximum absolute atomic E-state index is 12.9. The molecule has 10 heteroatoms. The second-order valence-electron chi connectivity index (χ2n) is 8.66. The van der Waals surface area contributed by atoms with Crippen molar-refractivity contribution in [1.29, 1.82) is 0 Å². The van der Waals surface area contributed by atoms with Gasteiger partial charge in [0.05, 0.1) is 18.1 Å². The highest BCUT2D eigenvalue weighted by Crippen LogP contribution is 2.47. The molecule has 182 valence electrons. The van der Waals surface area contributed by atoms with E-state index in [1.54, 1.807) is 25.3 Å². The van der Waals surface area contributed by atoms with Gasteiger partial charge in [0.1, 0.15) is 12.7 Å². The molecule has 4 rings (SSSR count). The van der Waals surface area contributed by atoms with E-state index in [1.807, 2.05) is 12.1 Å². The zero-order valence-corrected chi connectivity index (χ0v) is 20.1. The number of unbranched alkanes of at least 4 members (excludes halogenated alkanes) is 2. The number of halogens is 1. The summed E-state index contributed by atoms with van der Waals surface area (Å²) >= 11 is 6.03. The van der Waals surface area contributed by atoms with Crippen molar-refractivity contribution in [3.63, 3.8) is 0 Å². The molecule has 2 atom stereocenters. The van der Waals surface area contributed by atoms with Crippen LogP contribution in [0.25, 0.3) is 0 Å². The molecule has 0 unspecified atom stereocenters. The summed E-state index contributed by atoms with van der Waals surface area (Å²) < 4.78 is 6.09. The molecule has 0 amide bonds. The van der Waals surface area contributed by atoms with E-state index in [0.717, 1.165) is 36.0 Å². The van der Waals surface area contributed by atoms with Crippen molar-refractivity contribution in [3.05, 3.63) is 68.6 Å². The number of hydrogen-bond acceptors (Lipinski definition) is 6. The van der Waals surface area contributed by atoms with Gasteiger partial charge in [-0.15, -0.1) is 5.01 Å². The first kappa shape index (κ1) is 24.2. The van der Waals surface area contributed by atoms with Gasteiger partial charge in [0, 0.05) is 28.0 Å². The minimum atomic E-state index is -1.61. The largest absolute Gasteiger partial charge is 0.569 e. The Hall–Kier alpha value is -2.91. The third-order valence-corrected chi connectivity index (χ3v) is 6.80. The number of rotatable bonds is 9. The number of hydrogen-bond donors (Lipinski definition) is 1. The number of aryl methyl sites for hydroxylation is 1. The molecule has 0 spiro atoms. The fraction of sp³-hybridized carbons (Fsp3) is 0.500. The van der Waals surface area contributed by atoms with Crippen LogP contribution in [0.5, 0.6) is 0 Å². The second kappa shape index (κ2) is 10.1. The minimum Gasteiger partial charge on any atom is -0.569 e. The lowest BCUT2D eigenvalue weighted by molar-refractivity contribution is -0.722. The van der Waals surface area contributed by atoms with Gasteiger partial charge in [-0.3, -0.25) is 4.98 Å². The van der Waals surface area contributed by atoms with Crippen molar-refractivity contribution in [1.82, 2.24) is 9.99 Å². The van der Waals surface area contributed by atoms with Crippen LogP contribution in [0.15, 0.2) is 35.7 Å². The van der Waals surface area contributed by atoms with Gasteiger partial charge in [0.15, 0.2) is 0 Å². The van der Waals surface area contributed by atoms with Gasteiger partial charge >= 0.3 is 5.97 Å². The van der Waals surface area contributed by atoms with Gasteiger partial charge in [-0.05, 0) is 49.4 Å². The monoisotopic (exact) mass is 488 g/mol. The number of aromatic nitrogens is 1. The predicted octanol–water partition coefficient (Wildman–Crippen LogP) is 5.04. The minimum absolute atomic E-state index is 0.216. The number of hydrazine groups is 1. The van der Waals surface area contributed by atoms with Gasteiger partial charge in [0.25, 0.3) is 0 Å². The third kappa shape index (κ3) is 4.30. The summed E-state index contributed by atoms with van der Waals surface area (Å²) in [6, 6.07) is 7.33. The Balaban J connectivity index is 1.73. The van der Waals surface area contributed by atoms with E-state index < -0.39 is 17.6 Å². The first-order chi connectivity index (χ1) is 16.4. The Labute approximate surface area is 203 Å². The Kier molecular flexibility index (Phi) is 7.23. The normalized spacial score (nSPS) is 22.1. The van der Waals surface area contributed by atoms with Crippen LogP contribution in [-0.4, -0.2) is 39.2 Å². The molecule has 3 heterocycles. The molecule has 2 aliphatic rings. The van der Waals surface area contributed by atoms with E-state index in [9.17, 15) is 15.1 Å². The van der Waals surface area contributed by atoms with Gasteiger partial charge in [0.2, 0.25) is 10.8 Å². The Morgan fingerprint density at radius 1 is 1.41 bits per heavy atom. The highest BCUT2D eigenvalue weighted by molar-refractivity contribution is 6.30. The van der Waals surface area contributed by atoms with E-state index in [1.165, 1.54) is 5.01 Å². The predicted molar refractivity (Wildman–Crippen MR) is 124 cm³/mol. The number of aliphatic carboxylic acids is 1. The van der Waals surface area contributed by atoms with Crippen LogP contribution in [0.2, 0.25) is 5.02 Å². The van der Waals surface area contributed by atoms with Crippen LogP contribution >= 0.6 is 11.6 Å². The van der Waals surface area contributed by atoms with E-state index in [-0.39, 0.29) is 19.6 Å². The molecular weight excluding hydrogens is 460 g/mol. The molecular formula is C24H29ClN4O5. The van der Waals surface area contributed by atoms with Crippen LogP contribution in [0.4, 0.5) is 0 Å². The van der Waals surface area contributed by atoms with E-state index in [4.69, 9.17) is 21.2 Å². The van der Waals surface area contributed by atoms with Gasteiger partial charge in [-0.2, -0.15) is 0 Å². The van der Waals surface area contributed by atoms with Gasteiger partial charge in [-0.1, -0.05) is 43.5 Å². The van der Waals surface area contributed by atoms with Crippen LogP contribution in [-0.2, 0) is 26.5 Å². The van der Waals surface area contributed by atoms with E-state index in [0.29, 0.717) is 34.3 Å². The highest BCUT2D eigenvalue weighted by Gasteiger charge is 2.57. The molecule has 9 nitrogen and oxygen atoms in total.